The number of thiophene rings is 1. The summed E-state index contributed by atoms with van der Waals surface area (Å²) in [6.45, 7) is 3.82. The minimum absolute atomic E-state index is 0.0748. The van der Waals surface area contributed by atoms with Crippen LogP contribution in [-0.4, -0.2) is 20.4 Å². The van der Waals surface area contributed by atoms with Gasteiger partial charge in [-0.25, -0.2) is 13.6 Å². The number of ether oxygens (including phenoxy) is 1. The molecule has 1 atom stereocenters. The maximum atomic E-state index is 12.0. The van der Waals surface area contributed by atoms with Gasteiger partial charge in [0.1, 0.15) is 9.96 Å². The first-order valence-corrected chi connectivity index (χ1v) is 9.24. The lowest BCUT2D eigenvalue weighted by molar-refractivity contribution is -0.127. The maximum absolute atomic E-state index is 12.0. The molecule has 0 saturated heterocycles. The van der Waals surface area contributed by atoms with Crippen molar-refractivity contribution in [1.29, 1.82) is 0 Å². The van der Waals surface area contributed by atoms with Gasteiger partial charge in [-0.1, -0.05) is 12.1 Å². The molecule has 1 unspecified atom stereocenters. The Labute approximate surface area is 139 Å². The van der Waals surface area contributed by atoms with Gasteiger partial charge in [0.25, 0.3) is 5.91 Å². The SMILES string of the molecule is Cc1cccc(OC(C)C(=O)NCc2ccc(S(N)(=O)=O)s2)c1. The van der Waals surface area contributed by atoms with Gasteiger partial charge in [-0.3, -0.25) is 4.79 Å². The Morgan fingerprint density at radius 1 is 1.35 bits per heavy atom. The molecule has 2 aromatic rings. The molecule has 124 valence electrons. The van der Waals surface area contributed by atoms with Crippen molar-refractivity contribution < 1.29 is 17.9 Å². The third-order valence-electron chi connectivity index (χ3n) is 3.03. The molecule has 1 aromatic carbocycles. The number of rotatable bonds is 6. The number of aryl methyl sites for hydroxylation is 1. The van der Waals surface area contributed by atoms with Crippen molar-refractivity contribution in [1.82, 2.24) is 5.32 Å². The Morgan fingerprint density at radius 3 is 2.70 bits per heavy atom. The van der Waals surface area contributed by atoms with Crippen LogP contribution in [0.25, 0.3) is 0 Å². The normalized spacial score (nSPS) is 12.7. The highest BCUT2D eigenvalue weighted by Crippen LogP contribution is 2.20. The number of hydrogen-bond acceptors (Lipinski definition) is 5. The number of hydrogen-bond donors (Lipinski definition) is 2. The quantitative estimate of drug-likeness (QED) is 0.826. The summed E-state index contributed by atoms with van der Waals surface area (Å²) >= 11 is 1.03. The molecule has 1 aromatic heterocycles. The zero-order valence-electron chi connectivity index (χ0n) is 12.8. The lowest BCUT2D eigenvalue weighted by Crippen LogP contribution is -2.35. The van der Waals surface area contributed by atoms with E-state index in [0.29, 0.717) is 10.6 Å². The number of sulfonamides is 1. The highest BCUT2D eigenvalue weighted by molar-refractivity contribution is 7.91. The number of carbonyl (C=O) groups is 1. The summed E-state index contributed by atoms with van der Waals surface area (Å²) in [5, 5.41) is 7.76. The van der Waals surface area contributed by atoms with Gasteiger partial charge >= 0.3 is 0 Å². The summed E-state index contributed by atoms with van der Waals surface area (Å²) < 4.78 is 28.1. The van der Waals surface area contributed by atoms with Crippen molar-refractivity contribution in [3.63, 3.8) is 0 Å². The van der Waals surface area contributed by atoms with E-state index in [1.54, 1.807) is 19.1 Å². The number of carbonyl (C=O) groups excluding carboxylic acids is 1. The van der Waals surface area contributed by atoms with Crippen LogP contribution in [0.3, 0.4) is 0 Å². The average Bonchev–Trinajstić information content (AvgIpc) is 2.93. The van der Waals surface area contributed by atoms with Gasteiger partial charge in [-0.2, -0.15) is 0 Å². The second kappa shape index (κ2) is 7.12. The molecule has 0 bridgehead atoms. The number of nitrogens with one attached hydrogen (secondary N) is 1. The second-order valence-corrected chi connectivity index (χ2v) is 8.02. The van der Waals surface area contributed by atoms with E-state index in [1.165, 1.54) is 6.07 Å². The molecule has 3 N–H and O–H groups in total. The van der Waals surface area contributed by atoms with E-state index in [1.807, 2.05) is 25.1 Å². The molecule has 8 heteroatoms. The number of nitrogens with two attached hydrogens (primary N) is 1. The van der Waals surface area contributed by atoms with E-state index < -0.39 is 16.1 Å². The zero-order chi connectivity index (χ0) is 17.0. The van der Waals surface area contributed by atoms with Crippen LogP contribution >= 0.6 is 11.3 Å². The summed E-state index contributed by atoms with van der Waals surface area (Å²) in [6.07, 6.45) is -0.658. The molecule has 2 rings (SSSR count). The fourth-order valence-corrected chi connectivity index (χ4v) is 3.59. The standard InChI is InChI=1S/C15H18N2O4S2/c1-10-4-3-5-12(8-10)21-11(2)15(18)17-9-13-6-7-14(22-13)23(16,19)20/h3-8,11H,9H2,1-2H3,(H,17,18)(H2,16,19,20). The Morgan fingerprint density at radius 2 is 2.09 bits per heavy atom. The van der Waals surface area contributed by atoms with Crippen molar-refractivity contribution in [3.8, 4) is 5.75 Å². The predicted octanol–water partition coefficient (Wildman–Crippen LogP) is 1.79. The summed E-state index contributed by atoms with van der Waals surface area (Å²) in [7, 11) is -3.70. The van der Waals surface area contributed by atoms with Crippen molar-refractivity contribution in [3.05, 3.63) is 46.8 Å². The highest BCUT2D eigenvalue weighted by Gasteiger charge is 2.16. The molecule has 1 heterocycles. The van der Waals surface area contributed by atoms with E-state index in [-0.39, 0.29) is 16.7 Å². The highest BCUT2D eigenvalue weighted by atomic mass is 32.2. The van der Waals surface area contributed by atoms with E-state index >= 15 is 0 Å². The fourth-order valence-electron chi connectivity index (χ4n) is 1.87. The van der Waals surface area contributed by atoms with E-state index in [9.17, 15) is 13.2 Å². The molecule has 1 amide bonds. The van der Waals surface area contributed by atoms with Gasteiger partial charge in [0.05, 0.1) is 6.54 Å². The summed E-state index contributed by atoms with van der Waals surface area (Å²) in [5.74, 6) is 0.345. The van der Waals surface area contributed by atoms with Crippen LogP contribution in [0.4, 0.5) is 0 Å². The van der Waals surface area contributed by atoms with Crippen LogP contribution in [0.1, 0.15) is 17.4 Å². The van der Waals surface area contributed by atoms with Crippen LogP contribution in [0.5, 0.6) is 5.75 Å². The Balaban J connectivity index is 1.90. The molecular weight excluding hydrogens is 336 g/mol. The summed E-state index contributed by atoms with van der Waals surface area (Å²) in [5.41, 5.74) is 1.05. The summed E-state index contributed by atoms with van der Waals surface area (Å²) in [4.78, 5) is 12.7. The first-order valence-electron chi connectivity index (χ1n) is 6.88. The predicted molar refractivity (Wildman–Crippen MR) is 88.8 cm³/mol. The molecular formula is C15H18N2O4S2. The van der Waals surface area contributed by atoms with Gasteiger partial charge in [0.15, 0.2) is 6.10 Å². The number of primary sulfonamides is 1. The molecule has 0 radical (unpaired) electrons. The molecule has 0 fully saturated rings. The van der Waals surface area contributed by atoms with Crippen LogP contribution in [-0.2, 0) is 21.4 Å². The lowest BCUT2D eigenvalue weighted by atomic mass is 10.2. The van der Waals surface area contributed by atoms with Crippen LogP contribution in [0.2, 0.25) is 0 Å². The molecule has 23 heavy (non-hydrogen) atoms. The fraction of sp³-hybridized carbons (Fsp3) is 0.267. The molecule has 0 spiro atoms. The molecule has 0 aliphatic heterocycles. The smallest absolute Gasteiger partial charge is 0.261 e. The lowest BCUT2D eigenvalue weighted by Gasteiger charge is -2.14. The topological polar surface area (TPSA) is 98.5 Å². The largest absolute Gasteiger partial charge is 0.481 e. The molecule has 0 saturated carbocycles. The van der Waals surface area contributed by atoms with Gasteiger partial charge in [0.2, 0.25) is 10.0 Å². The van der Waals surface area contributed by atoms with Crippen molar-refractivity contribution in [2.45, 2.75) is 30.7 Å². The summed E-state index contributed by atoms with van der Waals surface area (Å²) in [6, 6.07) is 10.5. The third-order valence-corrected chi connectivity index (χ3v) is 5.55. The minimum Gasteiger partial charge on any atom is -0.481 e. The van der Waals surface area contributed by atoms with Crippen molar-refractivity contribution >= 4 is 27.3 Å². The van der Waals surface area contributed by atoms with Crippen LogP contribution < -0.4 is 15.2 Å². The average molecular weight is 354 g/mol. The van der Waals surface area contributed by atoms with E-state index in [2.05, 4.69) is 5.32 Å². The van der Waals surface area contributed by atoms with E-state index in [0.717, 1.165) is 16.9 Å². The van der Waals surface area contributed by atoms with Gasteiger partial charge in [-0.05, 0) is 43.7 Å². The van der Waals surface area contributed by atoms with Crippen LogP contribution in [0, 0.1) is 6.92 Å². The Kier molecular flexibility index (Phi) is 5.40. The first kappa shape index (κ1) is 17.5. The maximum Gasteiger partial charge on any atom is 0.261 e. The van der Waals surface area contributed by atoms with Crippen molar-refractivity contribution in [2.75, 3.05) is 0 Å². The van der Waals surface area contributed by atoms with Crippen molar-refractivity contribution in [2.24, 2.45) is 5.14 Å². The van der Waals surface area contributed by atoms with Gasteiger partial charge in [0, 0.05) is 4.88 Å². The molecule has 0 aliphatic rings. The molecule has 6 nitrogen and oxygen atoms in total. The number of amides is 1. The van der Waals surface area contributed by atoms with Crippen LogP contribution in [0.15, 0.2) is 40.6 Å². The monoisotopic (exact) mass is 354 g/mol. The third kappa shape index (κ3) is 5.05. The second-order valence-electron chi connectivity index (χ2n) is 5.06. The first-order chi connectivity index (χ1) is 10.8. The molecule has 0 aliphatic carbocycles. The zero-order valence-corrected chi connectivity index (χ0v) is 14.4. The Hall–Kier alpha value is -1.90. The number of benzene rings is 1. The van der Waals surface area contributed by atoms with Gasteiger partial charge in [-0.15, -0.1) is 11.3 Å². The minimum atomic E-state index is -3.70. The van der Waals surface area contributed by atoms with Gasteiger partial charge < -0.3 is 10.1 Å². The van der Waals surface area contributed by atoms with E-state index in [4.69, 9.17) is 9.88 Å². The Bertz CT molecular complexity index is 799.